The Morgan fingerprint density at radius 1 is 1.19 bits per heavy atom. The molecule has 1 fully saturated rings. The van der Waals surface area contributed by atoms with Crippen LogP contribution in [-0.4, -0.2) is 29.6 Å². The van der Waals surface area contributed by atoms with E-state index in [1.165, 1.54) is 31.2 Å². The molecule has 0 aliphatic heterocycles. The molecule has 1 saturated carbocycles. The predicted octanol–water partition coefficient (Wildman–Crippen LogP) is 3.89. The Morgan fingerprint density at radius 3 is 2.33 bits per heavy atom. The molecule has 1 heterocycles. The third-order valence-electron chi connectivity index (χ3n) is 4.34. The molecule has 0 atom stereocenters. The van der Waals surface area contributed by atoms with Crippen molar-refractivity contribution in [2.75, 3.05) is 23.8 Å². The quantitative estimate of drug-likeness (QED) is 0.913. The molecule has 2 rings (SSSR count). The summed E-state index contributed by atoms with van der Waals surface area (Å²) in [4.78, 5) is 12.0. The van der Waals surface area contributed by atoms with Crippen LogP contribution in [0.15, 0.2) is 0 Å². The first kappa shape index (κ1) is 16.1. The Kier molecular flexibility index (Phi) is 4.74. The van der Waals surface area contributed by atoms with Gasteiger partial charge >= 0.3 is 0 Å². The van der Waals surface area contributed by atoms with Crippen LogP contribution in [0, 0.1) is 6.92 Å². The summed E-state index contributed by atoms with van der Waals surface area (Å²) < 4.78 is 0. The third kappa shape index (κ3) is 3.47. The van der Waals surface area contributed by atoms with Crippen molar-refractivity contribution in [1.82, 2.24) is 9.97 Å². The van der Waals surface area contributed by atoms with E-state index >= 15 is 0 Å². The number of nitrogens with zero attached hydrogens (tertiary/aromatic N) is 3. The summed E-state index contributed by atoms with van der Waals surface area (Å²) in [6, 6.07) is 0.626. The maximum absolute atomic E-state index is 4.91. The van der Waals surface area contributed by atoms with Crippen molar-refractivity contribution in [1.29, 1.82) is 0 Å². The maximum atomic E-state index is 4.91. The van der Waals surface area contributed by atoms with E-state index < -0.39 is 0 Å². The minimum atomic E-state index is -0.0386. The summed E-state index contributed by atoms with van der Waals surface area (Å²) in [7, 11) is 2.19. The van der Waals surface area contributed by atoms with Crippen molar-refractivity contribution < 1.29 is 0 Å². The third-order valence-corrected chi connectivity index (χ3v) is 4.34. The lowest BCUT2D eigenvalue weighted by Crippen LogP contribution is -2.32. The first-order chi connectivity index (χ1) is 9.84. The molecule has 4 heteroatoms. The minimum Gasteiger partial charge on any atom is -0.370 e. The van der Waals surface area contributed by atoms with Gasteiger partial charge in [0.2, 0.25) is 0 Å². The number of aromatic nitrogens is 2. The Morgan fingerprint density at radius 2 is 1.81 bits per heavy atom. The van der Waals surface area contributed by atoms with Crippen LogP contribution in [-0.2, 0) is 5.41 Å². The Labute approximate surface area is 129 Å². The lowest BCUT2D eigenvalue weighted by atomic mass is 9.95. The molecule has 0 aromatic carbocycles. The van der Waals surface area contributed by atoms with Crippen molar-refractivity contribution >= 4 is 11.6 Å². The average molecular weight is 290 g/mol. The summed E-state index contributed by atoms with van der Waals surface area (Å²) >= 11 is 0. The van der Waals surface area contributed by atoms with Crippen LogP contribution < -0.4 is 10.2 Å². The largest absolute Gasteiger partial charge is 0.370 e. The van der Waals surface area contributed by atoms with E-state index in [0.717, 1.165) is 24.0 Å². The van der Waals surface area contributed by atoms with Crippen molar-refractivity contribution in [3.8, 4) is 0 Å². The molecule has 1 N–H and O–H groups in total. The van der Waals surface area contributed by atoms with Gasteiger partial charge in [-0.2, -0.15) is 0 Å². The Balaban J connectivity index is 2.44. The van der Waals surface area contributed by atoms with Crippen molar-refractivity contribution in [3.05, 3.63) is 11.4 Å². The van der Waals surface area contributed by atoms with E-state index in [1.807, 2.05) is 0 Å². The first-order valence-corrected chi connectivity index (χ1v) is 8.20. The monoisotopic (exact) mass is 290 g/mol. The van der Waals surface area contributed by atoms with Gasteiger partial charge in [0, 0.05) is 30.6 Å². The molecule has 0 spiro atoms. The van der Waals surface area contributed by atoms with Crippen LogP contribution in [0.5, 0.6) is 0 Å². The number of nitrogens with one attached hydrogen (secondary N) is 1. The highest BCUT2D eigenvalue weighted by Gasteiger charge is 2.26. The SMILES string of the molecule is CCNc1nc(C(C)(C)C)nc(N(C)C2CCCC2)c1C. The Hall–Kier alpha value is -1.32. The van der Waals surface area contributed by atoms with E-state index in [-0.39, 0.29) is 5.41 Å². The van der Waals surface area contributed by atoms with Gasteiger partial charge in [0.15, 0.2) is 0 Å². The van der Waals surface area contributed by atoms with Gasteiger partial charge in [0.1, 0.15) is 17.5 Å². The fraction of sp³-hybridized carbons (Fsp3) is 0.765. The van der Waals surface area contributed by atoms with E-state index in [4.69, 9.17) is 9.97 Å². The zero-order chi connectivity index (χ0) is 15.6. The standard InChI is InChI=1S/C17H30N4/c1-7-18-14-12(2)15(20-16(19-14)17(3,4)5)21(6)13-10-8-9-11-13/h13H,7-11H2,1-6H3,(H,18,19,20). The molecule has 0 bridgehead atoms. The second-order valence-corrected chi connectivity index (χ2v) is 7.17. The molecule has 1 aliphatic rings. The van der Waals surface area contributed by atoms with Crippen molar-refractivity contribution in [2.24, 2.45) is 0 Å². The smallest absolute Gasteiger partial charge is 0.138 e. The topological polar surface area (TPSA) is 41.1 Å². The van der Waals surface area contributed by atoms with Gasteiger partial charge in [-0.25, -0.2) is 9.97 Å². The van der Waals surface area contributed by atoms with Gasteiger partial charge in [-0.15, -0.1) is 0 Å². The van der Waals surface area contributed by atoms with Gasteiger partial charge in [0.05, 0.1) is 0 Å². The van der Waals surface area contributed by atoms with Crippen LogP contribution >= 0.6 is 0 Å². The predicted molar refractivity (Wildman–Crippen MR) is 90.3 cm³/mol. The highest BCUT2D eigenvalue weighted by molar-refractivity contribution is 5.59. The molecule has 0 unspecified atom stereocenters. The van der Waals surface area contributed by atoms with Crippen LogP contribution in [0.4, 0.5) is 11.6 Å². The highest BCUT2D eigenvalue weighted by atomic mass is 15.2. The zero-order valence-electron chi connectivity index (χ0n) is 14.5. The van der Waals surface area contributed by atoms with Crippen molar-refractivity contribution in [2.45, 2.75) is 71.8 Å². The molecule has 1 aliphatic carbocycles. The second kappa shape index (κ2) is 6.20. The van der Waals surface area contributed by atoms with Gasteiger partial charge in [-0.05, 0) is 26.7 Å². The molecule has 0 saturated heterocycles. The molecular weight excluding hydrogens is 260 g/mol. The Bertz CT molecular complexity index is 484. The maximum Gasteiger partial charge on any atom is 0.138 e. The normalized spacial score (nSPS) is 16.3. The van der Waals surface area contributed by atoms with E-state index in [9.17, 15) is 0 Å². The summed E-state index contributed by atoms with van der Waals surface area (Å²) in [5.74, 6) is 3.00. The minimum absolute atomic E-state index is 0.0386. The number of hydrogen-bond donors (Lipinski definition) is 1. The van der Waals surface area contributed by atoms with Gasteiger partial charge < -0.3 is 10.2 Å². The highest BCUT2D eigenvalue weighted by Crippen LogP contribution is 2.32. The van der Waals surface area contributed by atoms with Crippen molar-refractivity contribution in [3.63, 3.8) is 0 Å². The lowest BCUT2D eigenvalue weighted by Gasteiger charge is -2.29. The zero-order valence-corrected chi connectivity index (χ0v) is 14.5. The summed E-state index contributed by atoms with van der Waals surface area (Å²) in [5, 5.41) is 3.40. The summed E-state index contributed by atoms with van der Waals surface area (Å²) in [6.07, 6.45) is 5.24. The van der Waals surface area contributed by atoms with E-state index in [1.54, 1.807) is 0 Å². The second-order valence-electron chi connectivity index (χ2n) is 7.17. The fourth-order valence-corrected chi connectivity index (χ4v) is 2.99. The van der Waals surface area contributed by atoms with Crippen LogP contribution in [0.25, 0.3) is 0 Å². The van der Waals surface area contributed by atoms with Crippen LogP contribution in [0.2, 0.25) is 0 Å². The molecule has 118 valence electrons. The molecule has 1 aromatic heterocycles. The molecule has 0 radical (unpaired) electrons. The molecule has 1 aromatic rings. The van der Waals surface area contributed by atoms with Gasteiger partial charge in [-0.3, -0.25) is 0 Å². The first-order valence-electron chi connectivity index (χ1n) is 8.20. The lowest BCUT2D eigenvalue weighted by molar-refractivity contribution is 0.541. The van der Waals surface area contributed by atoms with Gasteiger partial charge in [-0.1, -0.05) is 33.6 Å². The van der Waals surface area contributed by atoms with E-state index in [0.29, 0.717) is 6.04 Å². The van der Waals surface area contributed by atoms with Crippen LogP contribution in [0.3, 0.4) is 0 Å². The summed E-state index contributed by atoms with van der Waals surface area (Å²) in [6.45, 7) is 11.6. The van der Waals surface area contributed by atoms with Crippen LogP contribution in [0.1, 0.15) is 64.8 Å². The average Bonchev–Trinajstić information content (AvgIpc) is 2.93. The molecule has 4 nitrogen and oxygen atoms in total. The molecular formula is C17H30N4. The van der Waals surface area contributed by atoms with E-state index in [2.05, 4.69) is 51.9 Å². The number of anilines is 2. The van der Waals surface area contributed by atoms with Gasteiger partial charge in [0.25, 0.3) is 0 Å². The summed E-state index contributed by atoms with van der Waals surface area (Å²) in [5.41, 5.74) is 1.13. The number of hydrogen-bond acceptors (Lipinski definition) is 4. The molecule has 21 heavy (non-hydrogen) atoms. The molecule has 0 amide bonds. The number of rotatable bonds is 4. The fourth-order valence-electron chi connectivity index (χ4n) is 2.99.